The molecule has 0 unspecified atom stereocenters. The number of amides is 5. The molecule has 0 radical (unpaired) electrons. The number of hydrogen-bond donors (Lipinski definition) is 8. The van der Waals surface area contributed by atoms with Crippen molar-refractivity contribution in [1.82, 2.24) is 21.3 Å². The number of phenolic OH excluding ortho intramolecular Hbond substituents is 1. The molecular weight excluding hydrogens is 608 g/mol. The zero-order chi connectivity index (χ0) is 34.3. The summed E-state index contributed by atoms with van der Waals surface area (Å²) in [6.07, 6.45) is -0.558. The Morgan fingerprint density at radius 1 is 0.617 bits per heavy atom. The molecule has 0 aromatic heterocycles. The minimum Gasteiger partial charge on any atom is -0.508 e. The first kappa shape index (κ1) is 35.7. The summed E-state index contributed by atoms with van der Waals surface area (Å²) in [5.74, 6) is -5.39. The number of benzene rings is 3. The SMILES string of the molecule is NC(=O)C[C@H](NC(=O)CNC(=O)[C@@H](N)Cc1ccc(O)cc1)C(=O)N[C@@H](Cc1ccccc1)C(=O)N[C@@H](Cc1ccccc1)C(=O)O. The van der Waals surface area contributed by atoms with E-state index in [1.807, 2.05) is 0 Å². The van der Waals surface area contributed by atoms with E-state index in [0.29, 0.717) is 16.7 Å². The molecule has 0 saturated carbocycles. The van der Waals surface area contributed by atoms with E-state index in [9.17, 15) is 39.0 Å². The maximum absolute atomic E-state index is 13.4. The number of aliphatic carboxylic acids is 1. The number of nitrogens with two attached hydrogens (primary N) is 2. The Bertz CT molecular complexity index is 1540. The van der Waals surface area contributed by atoms with Crippen LogP contribution in [0.25, 0.3) is 0 Å². The van der Waals surface area contributed by atoms with Crippen molar-refractivity contribution in [3.05, 3.63) is 102 Å². The smallest absolute Gasteiger partial charge is 0.326 e. The molecule has 0 saturated heterocycles. The lowest BCUT2D eigenvalue weighted by molar-refractivity contribution is -0.142. The van der Waals surface area contributed by atoms with Crippen LogP contribution >= 0.6 is 0 Å². The quantitative estimate of drug-likeness (QED) is 0.0921. The largest absolute Gasteiger partial charge is 0.508 e. The van der Waals surface area contributed by atoms with E-state index in [2.05, 4.69) is 21.3 Å². The number of rotatable bonds is 17. The summed E-state index contributed by atoms with van der Waals surface area (Å²) < 4.78 is 0. The first-order valence-electron chi connectivity index (χ1n) is 14.7. The van der Waals surface area contributed by atoms with Crippen molar-refractivity contribution in [3.63, 3.8) is 0 Å². The average molecular weight is 647 g/mol. The molecule has 3 aromatic carbocycles. The Labute approximate surface area is 270 Å². The van der Waals surface area contributed by atoms with Gasteiger partial charge in [0.2, 0.25) is 29.5 Å². The molecule has 47 heavy (non-hydrogen) atoms. The monoisotopic (exact) mass is 646 g/mol. The Balaban J connectivity index is 1.67. The number of carbonyl (C=O) groups excluding carboxylic acids is 5. The second-order valence-corrected chi connectivity index (χ2v) is 10.8. The maximum Gasteiger partial charge on any atom is 0.326 e. The van der Waals surface area contributed by atoms with Crippen molar-refractivity contribution in [2.45, 2.75) is 49.9 Å². The predicted molar refractivity (Wildman–Crippen MR) is 170 cm³/mol. The normalized spacial score (nSPS) is 13.2. The molecule has 3 rings (SSSR count). The van der Waals surface area contributed by atoms with Crippen LogP contribution in [0, 0.1) is 0 Å². The molecule has 248 valence electrons. The van der Waals surface area contributed by atoms with Crippen molar-refractivity contribution in [1.29, 1.82) is 0 Å². The van der Waals surface area contributed by atoms with Crippen LogP contribution in [0.2, 0.25) is 0 Å². The molecule has 3 aromatic rings. The molecule has 0 aliphatic rings. The van der Waals surface area contributed by atoms with Crippen molar-refractivity contribution in [2.75, 3.05) is 6.54 Å². The third-order valence-corrected chi connectivity index (χ3v) is 7.02. The van der Waals surface area contributed by atoms with Gasteiger partial charge in [0, 0.05) is 12.8 Å². The Morgan fingerprint density at radius 2 is 1.11 bits per heavy atom. The summed E-state index contributed by atoms with van der Waals surface area (Å²) in [7, 11) is 0. The number of aromatic hydroxyl groups is 1. The van der Waals surface area contributed by atoms with E-state index in [-0.39, 0.29) is 25.0 Å². The number of primary amides is 1. The van der Waals surface area contributed by atoms with Crippen LogP contribution in [0.4, 0.5) is 0 Å². The molecule has 0 aliphatic heterocycles. The number of phenols is 1. The molecule has 0 bridgehead atoms. The van der Waals surface area contributed by atoms with Gasteiger partial charge >= 0.3 is 5.97 Å². The van der Waals surface area contributed by atoms with E-state index in [4.69, 9.17) is 11.5 Å². The zero-order valence-corrected chi connectivity index (χ0v) is 25.4. The maximum atomic E-state index is 13.4. The molecule has 10 N–H and O–H groups in total. The summed E-state index contributed by atoms with van der Waals surface area (Å²) in [5.41, 5.74) is 13.2. The lowest BCUT2D eigenvalue weighted by Gasteiger charge is -2.24. The average Bonchev–Trinajstić information content (AvgIpc) is 3.04. The van der Waals surface area contributed by atoms with Gasteiger partial charge in [-0.25, -0.2) is 4.79 Å². The number of carbonyl (C=O) groups is 6. The van der Waals surface area contributed by atoms with Crippen molar-refractivity contribution in [2.24, 2.45) is 11.5 Å². The van der Waals surface area contributed by atoms with Crippen molar-refractivity contribution >= 4 is 35.5 Å². The lowest BCUT2D eigenvalue weighted by atomic mass is 10.0. The summed E-state index contributed by atoms with van der Waals surface area (Å²) >= 11 is 0. The zero-order valence-electron chi connectivity index (χ0n) is 25.4. The molecule has 0 fully saturated rings. The first-order chi connectivity index (χ1) is 22.4. The minimum atomic E-state index is -1.52. The second kappa shape index (κ2) is 17.7. The van der Waals surface area contributed by atoms with Crippen LogP contribution in [-0.2, 0) is 48.0 Å². The topological polar surface area (TPSA) is 243 Å². The fourth-order valence-corrected chi connectivity index (χ4v) is 4.59. The van der Waals surface area contributed by atoms with Gasteiger partial charge in [-0.05, 0) is 35.2 Å². The Hall–Kier alpha value is -5.76. The van der Waals surface area contributed by atoms with Crippen LogP contribution in [0.3, 0.4) is 0 Å². The standard InChI is InChI=1S/C33H38N6O8/c34-24(15-22-11-13-23(40)14-12-22)30(43)36-19-29(42)37-26(18-28(35)41)32(45)38-25(16-20-7-3-1-4-8-20)31(44)39-27(33(46)47)17-21-9-5-2-6-10-21/h1-14,24-27,40H,15-19,34H2,(H2,35,41)(H,36,43)(H,37,42)(H,38,45)(H,39,44)(H,46,47)/t24-,25-,26-,27-/m0/s1. The molecule has 14 heteroatoms. The molecular formula is C33H38N6O8. The Kier molecular flexibility index (Phi) is 13.4. The van der Waals surface area contributed by atoms with Crippen LogP contribution in [0.5, 0.6) is 5.75 Å². The summed E-state index contributed by atoms with van der Waals surface area (Å²) in [6, 6.07) is 18.2. The predicted octanol–water partition coefficient (Wildman–Crippen LogP) is -0.722. The fourth-order valence-electron chi connectivity index (χ4n) is 4.59. The fraction of sp³-hybridized carbons (Fsp3) is 0.273. The highest BCUT2D eigenvalue weighted by Crippen LogP contribution is 2.11. The third kappa shape index (κ3) is 12.3. The van der Waals surface area contributed by atoms with E-state index in [1.54, 1.807) is 72.8 Å². The highest BCUT2D eigenvalue weighted by atomic mass is 16.4. The van der Waals surface area contributed by atoms with Gasteiger partial charge in [0.1, 0.15) is 23.9 Å². The van der Waals surface area contributed by atoms with Gasteiger partial charge in [-0.15, -0.1) is 0 Å². The van der Waals surface area contributed by atoms with Crippen molar-refractivity contribution < 1.29 is 39.0 Å². The van der Waals surface area contributed by atoms with Crippen LogP contribution in [-0.4, -0.2) is 76.4 Å². The number of carboxylic acids is 1. The van der Waals surface area contributed by atoms with E-state index in [0.717, 1.165) is 0 Å². The van der Waals surface area contributed by atoms with Crippen LogP contribution in [0.15, 0.2) is 84.9 Å². The van der Waals surface area contributed by atoms with E-state index < -0.39 is 72.6 Å². The summed E-state index contributed by atoms with van der Waals surface area (Å²) in [6.45, 7) is -0.585. The Morgan fingerprint density at radius 3 is 1.64 bits per heavy atom. The first-order valence-corrected chi connectivity index (χ1v) is 14.7. The molecule has 0 heterocycles. The number of hydrogen-bond acceptors (Lipinski definition) is 8. The highest BCUT2D eigenvalue weighted by Gasteiger charge is 2.31. The summed E-state index contributed by atoms with van der Waals surface area (Å²) in [5, 5.41) is 28.9. The molecule has 5 amide bonds. The minimum absolute atomic E-state index is 0.0153. The van der Waals surface area contributed by atoms with Crippen molar-refractivity contribution in [3.8, 4) is 5.75 Å². The van der Waals surface area contributed by atoms with Gasteiger partial charge in [-0.1, -0.05) is 72.8 Å². The third-order valence-electron chi connectivity index (χ3n) is 7.02. The van der Waals surface area contributed by atoms with Gasteiger partial charge < -0.3 is 42.9 Å². The molecule has 0 spiro atoms. The van der Waals surface area contributed by atoms with Crippen LogP contribution < -0.4 is 32.7 Å². The molecule has 14 nitrogen and oxygen atoms in total. The lowest BCUT2D eigenvalue weighted by Crippen LogP contribution is -2.58. The van der Waals surface area contributed by atoms with E-state index in [1.165, 1.54) is 12.1 Å². The van der Waals surface area contributed by atoms with Gasteiger partial charge in [-0.2, -0.15) is 0 Å². The van der Waals surface area contributed by atoms with Gasteiger partial charge in [0.25, 0.3) is 0 Å². The summed E-state index contributed by atoms with van der Waals surface area (Å²) in [4.78, 5) is 75.7. The van der Waals surface area contributed by atoms with E-state index >= 15 is 0 Å². The number of carboxylic acid groups (broad SMARTS) is 1. The van der Waals surface area contributed by atoms with Crippen LogP contribution in [0.1, 0.15) is 23.1 Å². The molecule has 4 atom stereocenters. The van der Waals surface area contributed by atoms with Gasteiger partial charge in [0.15, 0.2) is 0 Å². The van der Waals surface area contributed by atoms with Gasteiger partial charge in [0.05, 0.1) is 19.0 Å². The van der Waals surface area contributed by atoms with Gasteiger partial charge in [-0.3, -0.25) is 24.0 Å². The molecule has 0 aliphatic carbocycles. The highest BCUT2D eigenvalue weighted by molar-refractivity contribution is 5.96. The second-order valence-electron chi connectivity index (χ2n) is 10.8. The number of nitrogens with one attached hydrogen (secondary N) is 4.